The summed E-state index contributed by atoms with van der Waals surface area (Å²) < 4.78 is 29.3. The fraction of sp³-hybridized carbons (Fsp3) is 0.154. The Kier molecular flexibility index (Phi) is 8.70. The molecule has 0 spiro atoms. The van der Waals surface area contributed by atoms with Crippen LogP contribution in [0.4, 0.5) is 5.69 Å². The fourth-order valence-electron chi connectivity index (χ4n) is 3.72. The first-order valence-corrected chi connectivity index (χ1v) is 14.4. The summed E-state index contributed by atoms with van der Waals surface area (Å²) in [4.78, 5) is 42.7. The van der Waals surface area contributed by atoms with Gasteiger partial charge in [0.05, 0.1) is 44.9 Å². The number of para-hydroxylation sites is 1. The van der Waals surface area contributed by atoms with Gasteiger partial charge in [-0.05, 0) is 54.4 Å². The number of esters is 1. The second kappa shape index (κ2) is 12.0. The number of nitrogens with zero attached hydrogens (tertiary/aromatic N) is 2. The van der Waals surface area contributed by atoms with E-state index in [1.54, 1.807) is 36.4 Å². The Morgan fingerprint density at radius 1 is 1.10 bits per heavy atom. The number of aromatic nitrogens is 2. The maximum Gasteiger partial charge on any atom is 0.337 e. The molecular weight excluding hydrogens is 564 g/mol. The molecule has 13 heteroatoms. The number of methoxy groups -OCH3 is 1. The lowest BCUT2D eigenvalue weighted by Crippen LogP contribution is -2.25. The molecule has 1 aromatic heterocycles. The zero-order valence-electron chi connectivity index (χ0n) is 20.6. The number of nitrogens with one attached hydrogen (secondary N) is 1. The largest absolute Gasteiger partial charge is 0.465 e. The topological polar surface area (TPSA) is 150 Å². The molecule has 39 heavy (non-hydrogen) atoms. The second-order valence-electron chi connectivity index (χ2n) is 8.33. The molecule has 0 saturated heterocycles. The molecule has 0 aliphatic heterocycles. The van der Waals surface area contributed by atoms with Gasteiger partial charge in [0.2, 0.25) is 15.9 Å². The lowest BCUT2D eigenvalue weighted by Gasteiger charge is -2.14. The van der Waals surface area contributed by atoms with E-state index < -0.39 is 16.0 Å². The molecule has 0 aliphatic rings. The van der Waals surface area contributed by atoms with E-state index in [1.165, 1.54) is 42.0 Å². The third-order valence-corrected chi connectivity index (χ3v) is 7.93. The number of primary sulfonamides is 1. The molecule has 0 atom stereocenters. The summed E-state index contributed by atoms with van der Waals surface area (Å²) in [6.07, 6.45) is 0.373. The molecule has 0 fully saturated rings. The highest BCUT2D eigenvalue weighted by atomic mass is 35.5. The molecule has 0 bridgehead atoms. The number of nitrogens with two attached hydrogens (primary N) is 1. The van der Waals surface area contributed by atoms with Crippen molar-refractivity contribution in [3.63, 3.8) is 0 Å². The first-order chi connectivity index (χ1) is 18.6. The van der Waals surface area contributed by atoms with Crippen LogP contribution in [0.1, 0.15) is 15.9 Å². The maximum atomic E-state index is 13.5. The predicted octanol–water partition coefficient (Wildman–Crippen LogP) is 3.46. The van der Waals surface area contributed by atoms with E-state index in [4.69, 9.17) is 21.5 Å². The SMILES string of the molecule is COC(=O)c1ccc2c(=O)n(CCc3ccc(S(N)(=O)=O)cc3)c(SCC(=O)Nc3ccccc3Cl)nc2c1. The van der Waals surface area contributed by atoms with Crippen molar-refractivity contribution < 1.29 is 22.7 Å². The van der Waals surface area contributed by atoms with Gasteiger partial charge in [-0.15, -0.1) is 0 Å². The predicted molar refractivity (Wildman–Crippen MR) is 150 cm³/mol. The van der Waals surface area contributed by atoms with Gasteiger partial charge in [-0.3, -0.25) is 14.2 Å². The summed E-state index contributed by atoms with van der Waals surface area (Å²) >= 11 is 7.18. The monoisotopic (exact) mass is 586 g/mol. The van der Waals surface area contributed by atoms with Crippen LogP contribution >= 0.6 is 23.4 Å². The maximum absolute atomic E-state index is 13.5. The molecular formula is C26H23ClN4O6S2. The standard InChI is InChI=1S/C26H23ClN4O6S2/c1-37-25(34)17-8-11-19-22(14-17)30-26(38-15-23(32)29-21-5-3-2-4-20(21)27)31(24(19)33)13-12-16-6-9-18(10-7-16)39(28,35)36/h2-11,14H,12-13,15H2,1H3,(H,29,32)(H2,28,35,36). The second-order valence-corrected chi connectivity index (χ2v) is 11.2. The molecule has 3 N–H and O–H groups in total. The first kappa shape index (κ1) is 28.3. The van der Waals surface area contributed by atoms with Crippen molar-refractivity contribution in [3.8, 4) is 0 Å². The van der Waals surface area contributed by atoms with Crippen molar-refractivity contribution in [1.29, 1.82) is 0 Å². The lowest BCUT2D eigenvalue weighted by molar-refractivity contribution is -0.113. The van der Waals surface area contributed by atoms with Crippen LogP contribution < -0.4 is 16.0 Å². The van der Waals surface area contributed by atoms with Gasteiger partial charge in [0.1, 0.15) is 0 Å². The van der Waals surface area contributed by atoms with Gasteiger partial charge in [-0.25, -0.2) is 23.3 Å². The van der Waals surface area contributed by atoms with Crippen molar-refractivity contribution in [2.45, 2.75) is 23.0 Å². The summed E-state index contributed by atoms with van der Waals surface area (Å²) in [5, 5.41) is 8.84. The Bertz CT molecular complexity index is 1720. The Labute approximate surface area is 233 Å². The fourth-order valence-corrected chi connectivity index (χ4v) is 5.24. The number of halogens is 1. The lowest BCUT2D eigenvalue weighted by atomic mass is 10.1. The molecule has 10 nitrogen and oxygen atoms in total. The minimum atomic E-state index is -3.82. The number of aryl methyl sites for hydroxylation is 1. The summed E-state index contributed by atoms with van der Waals surface area (Å²) in [6.45, 7) is 0.198. The van der Waals surface area contributed by atoms with Gasteiger partial charge in [0.25, 0.3) is 5.56 Å². The van der Waals surface area contributed by atoms with Crippen LogP contribution in [-0.4, -0.2) is 42.7 Å². The van der Waals surface area contributed by atoms with E-state index >= 15 is 0 Å². The minimum Gasteiger partial charge on any atom is -0.465 e. The van der Waals surface area contributed by atoms with Crippen LogP contribution in [0.3, 0.4) is 0 Å². The van der Waals surface area contributed by atoms with E-state index in [0.29, 0.717) is 17.1 Å². The smallest absolute Gasteiger partial charge is 0.337 e. The van der Waals surface area contributed by atoms with Crippen molar-refractivity contribution in [2.24, 2.45) is 5.14 Å². The molecule has 0 radical (unpaired) electrons. The highest BCUT2D eigenvalue weighted by molar-refractivity contribution is 7.99. The van der Waals surface area contributed by atoms with Crippen molar-refractivity contribution >= 4 is 61.9 Å². The quantitative estimate of drug-likeness (QED) is 0.172. The van der Waals surface area contributed by atoms with Crippen molar-refractivity contribution in [3.05, 3.63) is 93.2 Å². The number of hydrogen-bond acceptors (Lipinski definition) is 8. The number of hydrogen-bond donors (Lipinski definition) is 2. The molecule has 3 aromatic carbocycles. The van der Waals surface area contributed by atoms with Gasteiger partial charge in [0, 0.05) is 6.54 Å². The zero-order valence-corrected chi connectivity index (χ0v) is 23.0. The van der Waals surface area contributed by atoms with E-state index in [2.05, 4.69) is 10.3 Å². The molecule has 202 valence electrons. The Hall–Kier alpha value is -3.71. The number of benzene rings is 3. The van der Waals surface area contributed by atoms with Gasteiger partial charge < -0.3 is 10.1 Å². The number of amides is 1. The Balaban J connectivity index is 1.64. The number of thioether (sulfide) groups is 1. The van der Waals surface area contributed by atoms with Gasteiger partial charge in [-0.2, -0.15) is 0 Å². The van der Waals surface area contributed by atoms with Crippen molar-refractivity contribution in [2.75, 3.05) is 18.2 Å². The first-order valence-electron chi connectivity index (χ1n) is 11.5. The third-order valence-electron chi connectivity index (χ3n) is 5.70. The Morgan fingerprint density at radius 3 is 2.49 bits per heavy atom. The normalized spacial score (nSPS) is 11.4. The van der Waals surface area contributed by atoms with Crippen LogP contribution in [0, 0.1) is 0 Å². The highest BCUT2D eigenvalue weighted by Crippen LogP contribution is 2.23. The van der Waals surface area contributed by atoms with Crippen LogP contribution in [0.15, 0.2) is 81.6 Å². The summed E-state index contributed by atoms with van der Waals surface area (Å²) in [7, 11) is -2.57. The number of sulfonamides is 1. The van der Waals surface area contributed by atoms with Crippen LogP contribution in [0.5, 0.6) is 0 Å². The molecule has 1 heterocycles. The number of carbonyl (C=O) groups excluding carboxylic acids is 2. The highest BCUT2D eigenvalue weighted by Gasteiger charge is 2.16. The number of anilines is 1. The number of ether oxygens (including phenoxy) is 1. The van der Waals surface area contributed by atoms with Gasteiger partial charge in [0.15, 0.2) is 5.16 Å². The molecule has 1 amide bonds. The van der Waals surface area contributed by atoms with Crippen LogP contribution in [-0.2, 0) is 32.5 Å². The number of fused-ring (bicyclic) bond motifs is 1. The van der Waals surface area contributed by atoms with E-state index in [0.717, 1.165) is 17.3 Å². The molecule has 0 unspecified atom stereocenters. The van der Waals surface area contributed by atoms with E-state index in [-0.39, 0.29) is 50.3 Å². The van der Waals surface area contributed by atoms with E-state index in [1.807, 2.05) is 0 Å². The molecule has 4 rings (SSSR count). The number of carbonyl (C=O) groups is 2. The molecule has 4 aromatic rings. The van der Waals surface area contributed by atoms with Crippen molar-refractivity contribution in [1.82, 2.24) is 9.55 Å². The molecule has 0 aliphatic carbocycles. The van der Waals surface area contributed by atoms with Gasteiger partial charge in [-0.1, -0.05) is 47.6 Å². The number of rotatable bonds is 9. The summed E-state index contributed by atoms with van der Waals surface area (Å²) in [5.41, 5.74) is 1.39. The van der Waals surface area contributed by atoms with E-state index in [9.17, 15) is 22.8 Å². The average Bonchev–Trinajstić information content (AvgIpc) is 2.91. The van der Waals surface area contributed by atoms with Crippen LogP contribution in [0.2, 0.25) is 5.02 Å². The average molecular weight is 587 g/mol. The van der Waals surface area contributed by atoms with Gasteiger partial charge >= 0.3 is 5.97 Å². The van der Waals surface area contributed by atoms with Crippen LogP contribution in [0.25, 0.3) is 10.9 Å². The third kappa shape index (κ3) is 6.84. The summed E-state index contributed by atoms with van der Waals surface area (Å²) in [6, 6.07) is 17.3. The Morgan fingerprint density at radius 2 is 1.82 bits per heavy atom. The summed E-state index contributed by atoms with van der Waals surface area (Å²) in [5.74, 6) is -0.988. The molecule has 0 saturated carbocycles. The zero-order chi connectivity index (χ0) is 28.2. The minimum absolute atomic E-state index is 0.0158.